The van der Waals surface area contributed by atoms with Crippen LogP contribution in [0.1, 0.15) is 33.1 Å². The number of ether oxygens (including phenoxy) is 1. The van der Waals surface area contributed by atoms with Crippen LogP contribution in [0.4, 0.5) is 0 Å². The second-order valence-electron chi connectivity index (χ2n) is 6.51. The van der Waals surface area contributed by atoms with Crippen LogP contribution in [-0.4, -0.2) is 40.0 Å². The molecule has 1 N–H and O–H groups in total. The number of nitrogens with one attached hydrogen (secondary N) is 1. The van der Waals surface area contributed by atoms with Crippen LogP contribution in [0.2, 0.25) is 0 Å². The SMILES string of the molecule is CCCNC(=O)[C@H](C)Sc1nc2ccccc2c(=O)n1C[C@@H]1CCCO1. The van der Waals surface area contributed by atoms with Gasteiger partial charge in [0.15, 0.2) is 5.16 Å². The monoisotopic (exact) mass is 375 g/mol. The van der Waals surface area contributed by atoms with Crippen molar-refractivity contribution in [3.05, 3.63) is 34.6 Å². The summed E-state index contributed by atoms with van der Waals surface area (Å²) in [7, 11) is 0. The first kappa shape index (κ1) is 18.9. The Balaban J connectivity index is 1.93. The highest BCUT2D eigenvalue weighted by Crippen LogP contribution is 2.24. The lowest BCUT2D eigenvalue weighted by atomic mass is 10.2. The fraction of sp³-hybridized carbons (Fsp3) is 0.526. The van der Waals surface area contributed by atoms with Gasteiger partial charge < -0.3 is 10.1 Å². The van der Waals surface area contributed by atoms with Crippen molar-refractivity contribution in [1.29, 1.82) is 0 Å². The molecule has 2 atom stereocenters. The van der Waals surface area contributed by atoms with E-state index in [2.05, 4.69) is 10.3 Å². The van der Waals surface area contributed by atoms with Crippen LogP contribution in [0.5, 0.6) is 0 Å². The first-order valence-electron chi connectivity index (χ1n) is 9.15. The van der Waals surface area contributed by atoms with E-state index < -0.39 is 0 Å². The third kappa shape index (κ3) is 4.27. The highest BCUT2D eigenvalue weighted by molar-refractivity contribution is 8.00. The summed E-state index contributed by atoms with van der Waals surface area (Å²) in [5.41, 5.74) is 0.583. The van der Waals surface area contributed by atoms with Gasteiger partial charge in [0, 0.05) is 13.2 Å². The van der Waals surface area contributed by atoms with Crippen molar-refractivity contribution < 1.29 is 9.53 Å². The predicted octanol–water partition coefficient (Wildman–Crippen LogP) is 2.58. The Morgan fingerprint density at radius 1 is 1.46 bits per heavy atom. The third-order valence-corrected chi connectivity index (χ3v) is 5.53. The molecular formula is C19H25N3O3S. The van der Waals surface area contributed by atoms with Gasteiger partial charge in [-0.2, -0.15) is 0 Å². The van der Waals surface area contributed by atoms with E-state index in [1.54, 1.807) is 10.6 Å². The first-order chi connectivity index (χ1) is 12.6. The molecule has 0 spiro atoms. The number of carbonyl (C=O) groups is 1. The Labute approximate surface area is 157 Å². The Morgan fingerprint density at radius 3 is 3.00 bits per heavy atom. The Bertz CT molecular complexity index is 830. The molecule has 1 saturated heterocycles. The second-order valence-corrected chi connectivity index (χ2v) is 7.82. The number of carbonyl (C=O) groups excluding carboxylic acids is 1. The topological polar surface area (TPSA) is 73.2 Å². The van der Waals surface area contributed by atoms with E-state index in [0.29, 0.717) is 29.1 Å². The molecule has 1 aromatic heterocycles. The summed E-state index contributed by atoms with van der Waals surface area (Å²) in [6.07, 6.45) is 2.87. The van der Waals surface area contributed by atoms with Gasteiger partial charge in [-0.15, -0.1) is 0 Å². The quantitative estimate of drug-likeness (QED) is 0.595. The summed E-state index contributed by atoms with van der Waals surface area (Å²) < 4.78 is 7.38. The highest BCUT2D eigenvalue weighted by atomic mass is 32.2. The van der Waals surface area contributed by atoms with E-state index in [4.69, 9.17) is 4.74 Å². The lowest BCUT2D eigenvalue weighted by Crippen LogP contribution is -2.33. The van der Waals surface area contributed by atoms with Crippen LogP contribution < -0.4 is 10.9 Å². The van der Waals surface area contributed by atoms with Crippen molar-refractivity contribution >= 4 is 28.6 Å². The van der Waals surface area contributed by atoms with Crippen molar-refractivity contribution in [2.24, 2.45) is 0 Å². The van der Waals surface area contributed by atoms with Crippen LogP contribution in [-0.2, 0) is 16.1 Å². The summed E-state index contributed by atoms with van der Waals surface area (Å²) in [6.45, 7) is 5.72. The molecule has 6 nitrogen and oxygen atoms in total. The molecule has 0 radical (unpaired) electrons. The summed E-state index contributed by atoms with van der Waals surface area (Å²) in [5, 5.41) is 3.74. The van der Waals surface area contributed by atoms with Gasteiger partial charge in [-0.3, -0.25) is 14.2 Å². The van der Waals surface area contributed by atoms with Crippen molar-refractivity contribution in [3.63, 3.8) is 0 Å². The molecule has 26 heavy (non-hydrogen) atoms. The van der Waals surface area contributed by atoms with E-state index in [-0.39, 0.29) is 22.8 Å². The zero-order valence-electron chi connectivity index (χ0n) is 15.2. The molecule has 1 amide bonds. The largest absolute Gasteiger partial charge is 0.376 e. The lowest BCUT2D eigenvalue weighted by Gasteiger charge is -2.18. The molecule has 0 unspecified atom stereocenters. The molecule has 1 fully saturated rings. The average Bonchev–Trinajstić information content (AvgIpc) is 3.16. The molecule has 0 bridgehead atoms. The Hall–Kier alpha value is -1.86. The smallest absolute Gasteiger partial charge is 0.262 e. The number of benzene rings is 1. The first-order valence-corrected chi connectivity index (χ1v) is 10.0. The van der Waals surface area contributed by atoms with Crippen LogP contribution in [0.25, 0.3) is 10.9 Å². The number of thioether (sulfide) groups is 1. The van der Waals surface area contributed by atoms with E-state index in [9.17, 15) is 9.59 Å². The number of hydrogen-bond acceptors (Lipinski definition) is 5. The zero-order chi connectivity index (χ0) is 18.5. The number of fused-ring (bicyclic) bond motifs is 1. The average molecular weight is 375 g/mol. The number of amides is 1. The molecular weight excluding hydrogens is 350 g/mol. The Morgan fingerprint density at radius 2 is 2.27 bits per heavy atom. The van der Waals surface area contributed by atoms with Crippen LogP contribution in [0.3, 0.4) is 0 Å². The molecule has 1 aliphatic heterocycles. The molecule has 3 rings (SSSR count). The third-order valence-electron chi connectivity index (χ3n) is 4.44. The van der Waals surface area contributed by atoms with Crippen LogP contribution >= 0.6 is 11.8 Å². The van der Waals surface area contributed by atoms with Crippen molar-refractivity contribution in [2.45, 2.75) is 56.2 Å². The van der Waals surface area contributed by atoms with Crippen molar-refractivity contribution in [1.82, 2.24) is 14.9 Å². The van der Waals surface area contributed by atoms with Gasteiger partial charge in [-0.1, -0.05) is 30.8 Å². The minimum absolute atomic E-state index is 0.0271. The fourth-order valence-corrected chi connectivity index (χ4v) is 3.94. The van der Waals surface area contributed by atoms with E-state index in [1.165, 1.54) is 11.8 Å². The molecule has 0 aliphatic carbocycles. The molecule has 2 aromatic rings. The van der Waals surface area contributed by atoms with Crippen LogP contribution in [0, 0.1) is 0 Å². The van der Waals surface area contributed by atoms with E-state index in [0.717, 1.165) is 25.9 Å². The summed E-state index contributed by atoms with van der Waals surface area (Å²) in [5.74, 6) is -0.0390. The normalized spacial score (nSPS) is 18.2. The van der Waals surface area contributed by atoms with Gasteiger partial charge in [0.25, 0.3) is 5.56 Å². The summed E-state index contributed by atoms with van der Waals surface area (Å²) >= 11 is 1.33. The molecule has 140 valence electrons. The standard InChI is InChI=1S/C19H25N3O3S/c1-3-10-20-17(23)13(2)26-19-21-16-9-5-4-8-15(16)18(24)22(19)12-14-7-6-11-25-14/h4-5,8-9,13-14H,3,6-7,10-12H2,1-2H3,(H,20,23)/t13-,14-/m0/s1. The van der Waals surface area contributed by atoms with E-state index >= 15 is 0 Å². The maximum absolute atomic E-state index is 13.0. The van der Waals surface area contributed by atoms with Gasteiger partial charge in [0.2, 0.25) is 5.91 Å². The highest BCUT2D eigenvalue weighted by Gasteiger charge is 2.23. The van der Waals surface area contributed by atoms with Gasteiger partial charge in [0.05, 0.1) is 28.8 Å². The number of rotatable bonds is 7. The van der Waals surface area contributed by atoms with Gasteiger partial charge >= 0.3 is 0 Å². The molecule has 2 heterocycles. The predicted molar refractivity (Wildman–Crippen MR) is 104 cm³/mol. The maximum atomic E-state index is 13.0. The molecule has 7 heteroatoms. The molecule has 1 aliphatic rings. The number of aromatic nitrogens is 2. The summed E-state index contributed by atoms with van der Waals surface area (Å²) in [6, 6.07) is 7.34. The van der Waals surface area contributed by atoms with Crippen molar-refractivity contribution in [2.75, 3.05) is 13.2 Å². The second kappa shape index (κ2) is 8.68. The zero-order valence-corrected chi connectivity index (χ0v) is 16.1. The summed E-state index contributed by atoms with van der Waals surface area (Å²) in [4.78, 5) is 29.9. The van der Waals surface area contributed by atoms with E-state index in [1.807, 2.05) is 32.0 Å². The molecule has 0 saturated carbocycles. The van der Waals surface area contributed by atoms with Gasteiger partial charge in [-0.25, -0.2) is 4.98 Å². The minimum atomic E-state index is -0.328. The fourth-order valence-electron chi connectivity index (χ4n) is 2.99. The maximum Gasteiger partial charge on any atom is 0.262 e. The number of nitrogens with zero attached hydrogens (tertiary/aromatic N) is 2. The van der Waals surface area contributed by atoms with Gasteiger partial charge in [0.1, 0.15) is 0 Å². The number of para-hydroxylation sites is 1. The van der Waals surface area contributed by atoms with Crippen molar-refractivity contribution in [3.8, 4) is 0 Å². The van der Waals surface area contributed by atoms with Crippen LogP contribution in [0.15, 0.2) is 34.2 Å². The number of hydrogen-bond donors (Lipinski definition) is 1. The molecule has 1 aromatic carbocycles. The Kier molecular flexibility index (Phi) is 6.32. The lowest BCUT2D eigenvalue weighted by molar-refractivity contribution is -0.120. The minimum Gasteiger partial charge on any atom is -0.376 e. The van der Waals surface area contributed by atoms with Gasteiger partial charge in [-0.05, 0) is 38.3 Å².